The molecule has 18 heavy (non-hydrogen) atoms. The number of thiophene rings is 1. The van der Waals surface area contributed by atoms with Crippen LogP contribution >= 0.6 is 11.3 Å². The topological polar surface area (TPSA) is 70.6 Å². The normalized spacial score (nSPS) is 18.3. The Morgan fingerprint density at radius 1 is 1.44 bits per heavy atom. The van der Waals surface area contributed by atoms with Crippen molar-refractivity contribution >= 4 is 17.4 Å². The summed E-state index contributed by atoms with van der Waals surface area (Å²) >= 11 is 1.60. The van der Waals surface area contributed by atoms with Crippen LogP contribution in [0, 0.1) is 0 Å². The van der Waals surface area contributed by atoms with Gasteiger partial charge in [0.2, 0.25) is 0 Å². The minimum absolute atomic E-state index is 0.247. The molecule has 0 unspecified atom stereocenters. The van der Waals surface area contributed by atoms with Gasteiger partial charge in [-0.2, -0.15) is 0 Å². The van der Waals surface area contributed by atoms with Crippen LogP contribution in [0.5, 0.6) is 0 Å². The van der Waals surface area contributed by atoms with Crippen molar-refractivity contribution in [3.8, 4) is 0 Å². The molecule has 2 amide bonds. The van der Waals surface area contributed by atoms with Crippen LogP contribution in [0.2, 0.25) is 0 Å². The Morgan fingerprint density at radius 3 is 2.89 bits per heavy atom. The number of nitrogens with one attached hydrogen (secondary N) is 2. The molecule has 5 nitrogen and oxygen atoms in total. The molecule has 1 aliphatic rings. The molecule has 2 heterocycles. The molecule has 0 saturated carbocycles. The van der Waals surface area contributed by atoms with E-state index in [1.54, 1.807) is 11.3 Å². The predicted molar refractivity (Wildman–Crippen MR) is 69.6 cm³/mol. The Labute approximate surface area is 110 Å². The van der Waals surface area contributed by atoms with Gasteiger partial charge in [-0.15, -0.1) is 11.3 Å². The highest BCUT2D eigenvalue weighted by molar-refractivity contribution is 7.09. The largest absolute Gasteiger partial charge is 0.388 e. The average molecular weight is 270 g/mol. The monoisotopic (exact) mass is 270 g/mol. The lowest BCUT2D eigenvalue weighted by molar-refractivity contribution is -0.0600. The van der Waals surface area contributed by atoms with Crippen LogP contribution in [0.25, 0.3) is 0 Å². The maximum atomic E-state index is 11.6. The third-order valence-electron chi connectivity index (χ3n) is 3.00. The van der Waals surface area contributed by atoms with Crippen molar-refractivity contribution in [3.63, 3.8) is 0 Å². The maximum Gasteiger partial charge on any atom is 0.315 e. The lowest BCUT2D eigenvalue weighted by atomic mass is 9.94. The molecule has 2 rings (SSSR count). The van der Waals surface area contributed by atoms with E-state index in [0.29, 0.717) is 32.6 Å². The van der Waals surface area contributed by atoms with Crippen LogP contribution in [-0.4, -0.2) is 36.5 Å². The summed E-state index contributed by atoms with van der Waals surface area (Å²) in [5.41, 5.74) is -0.821. The molecule has 0 atom stereocenters. The van der Waals surface area contributed by atoms with Crippen LogP contribution in [0.3, 0.4) is 0 Å². The van der Waals surface area contributed by atoms with Gasteiger partial charge in [-0.1, -0.05) is 6.07 Å². The number of carbonyl (C=O) groups is 1. The summed E-state index contributed by atoms with van der Waals surface area (Å²) in [7, 11) is 0. The van der Waals surface area contributed by atoms with E-state index in [-0.39, 0.29) is 12.6 Å². The van der Waals surface area contributed by atoms with Crippen molar-refractivity contribution in [2.45, 2.75) is 25.0 Å². The van der Waals surface area contributed by atoms with Gasteiger partial charge in [0.15, 0.2) is 0 Å². The molecule has 1 saturated heterocycles. The molecule has 1 aromatic rings. The molecule has 0 radical (unpaired) electrons. The summed E-state index contributed by atoms with van der Waals surface area (Å²) < 4.78 is 5.18. The second-order valence-corrected chi connectivity index (χ2v) is 5.48. The molecule has 0 bridgehead atoms. The predicted octanol–water partition coefficient (Wildman–Crippen LogP) is 1.09. The van der Waals surface area contributed by atoms with Gasteiger partial charge in [0, 0.05) is 37.5 Å². The van der Waals surface area contributed by atoms with E-state index in [1.165, 1.54) is 0 Å². The standard InChI is InChI=1S/C12H18N2O3S/c15-11(13-8-10-2-1-7-18-10)14-9-12(16)3-5-17-6-4-12/h1-2,7,16H,3-6,8-9H2,(H2,13,14,15). The van der Waals surface area contributed by atoms with E-state index < -0.39 is 5.60 Å². The lowest BCUT2D eigenvalue weighted by Gasteiger charge is -2.32. The van der Waals surface area contributed by atoms with Crippen molar-refractivity contribution < 1.29 is 14.6 Å². The van der Waals surface area contributed by atoms with E-state index in [2.05, 4.69) is 10.6 Å². The van der Waals surface area contributed by atoms with Crippen LogP contribution in [0.4, 0.5) is 4.79 Å². The zero-order chi connectivity index (χ0) is 12.8. The quantitative estimate of drug-likeness (QED) is 0.767. The number of urea groups is 1. The second-order valence-electron chi connectivity index (χ2n) is 4.45. The van der Waals surface area contributed by atoms with Gasteiger partial charge in [-0.25, -0.2) is 4.79 Å². The molecule has 100 valence electrons. The highest BCUT2D eigenvalue weighted by Gasteiger charge is 2.29. The Balaban J connectivity index is 1.68. The summed E-state index contributed by atoms with van der Waals surface area (Å²) in [5.74, 6) is 0. The fourth-order valence-electron chi connectivity index (χ4n) is 1.82. The number of hydrogen-bond donors (Lipinski definition) is 3. The molecule has 3 N–H and O–H groups in total. The molecule has 1 aromatic heterocycles. The minimum Gasteiger partial charge on any atom is -0.388 e. The van der Waals surface area contributed by atoms with Gasteiger partial charge < -0.3 is 20.5 Å². The fourth-order valence-corrected chi connectivity index (χ4v) is 2.46. The molecule has 1 fully saturated rings. The highest BCUT2D eigenvalue weighted by Crippen LogP contribution is 2.19. The maximum absolute atomic E-state index is 11.6. The summed E-state index contributed by atoms with van der Waals surface area (Å²) in [6.45, 7) is 1.89. The van der Waals surface area contributed by atoms with Crippen LogP contribution in [0.15, 0.2) is 17.5 Å². The Kier molecular flexibility index (Phi) is 4.57. The highest BCUT2D eigenvalue weighted by atomic mass is 32.1. The molecule has 1 aliphatic heterocycles. The van der Waals surface area contributed by atoms with Crippen LogP contribution in [0.1, 0.15) is 17.7 Å². The van der Waals surface area contributed by atoms with Crippen LogP contribution < -0.4 is 10.6 Å². The summed E-state index contributed by atoms with van der Waals surface area (Å²) in [5, 5.41) is 17.6. The van der Waals surface area contributed by atoms with Gasteiger partial charge >= 0.3 is 6.03 Å². The zero-order valence-corrected chi connectivity index (χ0v) is 11.0. The number of rotatable bonds is 4. The molecule has 0 aliphatic carbocycles. The number of amides is 2. The van der Waals surface area contributed by atoms with Gasteiger partial charge in [-0.05, 0) is 11.4 Å². The van der Waals surface area contributed by atoms with Crippen molar-refractivity contribution in [1.29, 1.82) is 0 Å². The zero-order valence-electron chi connectivity index (χ0n) is 10.1. The molecular weight excluding hydrogens is 252 g/mol. The third kappa shape index (κ3) is 3.97. The Bertz CT molecular complexity index is 375. The lowest BCUT2D eigenvalue weighted by Crippen LogP contribution is -2.48. The summed E-state index contributed by atoms with van der Waals surface area (Å²) in [6, 6.07) is 3.67. The van der Waals surface area contributed by atoms with Gasteiger partial charge in [0.05, 0.1) is 12.1 Å². The summed E-state index contributed by atoms with van der Waals surface area (Å²) in [6.07, 6.45) is 1.14. The molecule has 0 aromatic carbocycles. The Morgan fingerprint density at radius 2 is 2.22 bits per heavy atom. The first-order valence-corrected chi connectivity index (χ1v) is 6.90. The average Bonchev–Trinajstić information content (AvgIpc) is 2.88. The second kappa shape index (κ2) is 6.17. The first-order chi connectivity index (χ1) is 8.68. The SMILES string of the molecule is O=C(NCc1cccs1)NCC1(O)CCOCC1. The number of hydrogen-bond acceptors (Lipinski definition) is 4. The van der Waals surface area contributed by atoms with E-state index in [9.17, 15) is 9.90 Å². The van der Waals surface area contributed by atoms with Crippen molar-refractivity contribution in [2.24, 2.45) is 0 Å². The van der Waals surface area contributed by atoms with E-state index in [4.69, 9.17) is 4.74 Å². The fraction of sp³-hybridized carbons (Fsp3) is 0.583. The van der Waals surface area contributed by atoms with Gasteiger partial charge in [0.1, 0.15) is 0 Å². The minimum atomic E-state index is -0.821. The number of ether oxygens (including phenoxy) is 1. The van der Waals surface area contributed by atoms with Crippen molar-refractivity contribution in [2.75, 3.05) is 19.8 Å². The molecule has 6 heteroatoms. The van der Waals surface area contributed by atoms with E-state index in [1.807, 2.05) is 17.5 Å². The molecular formula is C12H18N2O3S. The Hall–Kier alpha value is -1.11. The van der Waals surface area contributed by atoms with Crippen molar-refractivity contribution in [1.82, 2.24) is 10.6 Å². The van der Waals surface area contributed by atoms with Crippen LogP contribution in [-0.2, 0) is 11.3 Å². The molecule has 0 spiro atoms. The van der Waals surface area contributed by atoms with E-state index in [0.717, 1.165) is 4.88 Å². The first-order valence-electron chi connectivity index (χ1n) is 6.02. The number of aliphatic hydroxyl groups is 1. The van der Waals surface area contributed by atoms with Crippen molar-refractivity contribution in [3.05, 3.63) is 22.4 Å². The third-order valence-corrected chi connectivity index (χ3v) is 3.88. The summed E-state index contributed by atoms with van der Waals surface area (Å²) in [4.78, 5) is 12.7. The smallest absolute Gasteiger partial charge is 0.315 e. The van der Waals surface area contributed by atoms with Gasteiger partial charge in [-0.3, -0.25) is 0 Å². The number of carbonyl (C=O) groups excluding carboxylic acids is 1. The first kappa shape index (κ1) is 13.3. The van der Waals surface area contributed by atoms with Gasteiger partial charge in [0.25, 0.3) is 0 Å². The van der Waals surface area contributed by atoms with E-state index >= 15 is 0 Å².